The van der Waals surface area contributed by atoms with Crippen LogP contribution in [-0.2, 0) is 0 Å². The van der Waals surface area contributed by atoms with Crippen molar-refractivity contribution in [2.75, 3.05) is 0 Å². The van der Waals surface area contributed by atoms with Crippen molar-refractivity contribution in [2.24, 2.45) is 5.92 Å². The zero-order valence-corrected chi connectivity index (χ0v) is 6.77. The van der Waals surface area contributed by atoms with Crippen molar-refractivity contribution < 1.29 is 0 Å². The van der Waals surface area contributed by atoms with Gasteiger partial charge in [-0.25, -0.2) is 0 Å². The van der Waals surface area contributed by atoms with Gasteiger partial charge in [0.15, 0.2) is 0 Å². The maximum atomic E-state index is 3.52. The Morgan fingerprint density at radius 2 is 2.20 bits per heavy atom. The van der Waals surface area contributed by atoms with E-state index in [0.29, 0.717) is 0 Å². The lowest BCUT2D eigenvalue weighted by Crippen LogP contribution is -2.12. The molecule has 1 heterocycles. The molecule has 1 N–H and O–H groups in total. The van der Waals surface area contributed by atoms with Crippen LogP contribution < -0.4 is 5.32 Å². The molecule has 10 heavy (non-hydrogen) atoms. The molecule has 1 heteroatoms. The fraction of sp³-hybridized carbons (Fsp3) is 1.00. The fourth-order valence-electron chi connectivity index (χ4n) is 2.30. The lowest BCUT2D eigenvalue weighted by atomic mass is 9.86. The van der Waals surface area contributed by atoms with Crippen LogP contribution in [0, 0.1) is 5.92 Å². The molecule has 0 aromatic heterocycles. The van der Waals surface area contributed by atoms with Crippen LogP contribution in [0.15, 0.2) is 0 Å². The first-order chi connectivity index (χ1) is 4.90. The lowest BCUT2D eigenvalue weighted by Gasteiger charge is -2.18. The van der Waals surface area contributed by atoms with Gasteiger partial charge in [0.05, 0.1) is 0 Å². The average molecular weight is 139 g/mol. The summed E-state index contributed by atoms with van der Waals surface area (Å²) in [5.41, 5.74) is 0. The molecule has 0 amide bonds. The standard InChI is InChI=1S/C9H17N/c1-2-3-7-4-5-8-9(6-7)10-8/h7-10H,2-6H2,1H3. The number of rotatable bonds is 2. The molecule has 0 aromatic rings. The van der Waals surface area contributed by atoms with E-state index in [9.17, 15) is 0 Å². The smallest absolute Gasteiger partial charge is 0.0227 e. The Labute approximate surface area is 63.2 Å². The molecular weight excluding hydrogens is 122 g/mol. The zero-order chi connectivity index (χ0) is 6.97. The third-order valence-electron chi connectivity index (χ3n) is 2.97. The van der Waals surface area contributed by atoms with E-state index >= 15 is 0 Å². The summed E-state index contributed by atoms with van der Waals surface area (Å²) in [6, 6.07) is 1.87. The maximum absolute atomic E-state index is 3.52. The van der Waals surface area contributed by atoms with Crippen molar-refractivity contribution in [1.29, 1.82) is 0 Å². The molecule has 2 fully saturated rings. The Morgan fingerprint density at radius 1 is 1.30 bits per heavy atom. The van der Waals surface area contributed by atoms with Gasteiger partial charge >= 0.3 is 0 Å². The third-order valence-corrected chi connectivity index (χ3v) is 2.97. The quantitative estimate of drug-likeness (QED) is 0.580. The minimum atomic E-state index is 0.935. The number of nitrogens with one attached hydrogen (secondary N) is 1. The summed E-state index contributed by atoms with van der Waals surface area (Å²) >= 11 is 0. The summed E-state index contributed by atoms with van der Waals surface area (Å²) in [6.07, 6.45) is 7.25. The first-order valence-electron chi connectivity index (χ1n) is 4.66. The highest BCUT2D eigenvalue weighted by Crippen LogP contribution is 2.34. The van der Waals surface area contributed by atoms with Crippen LogP contribution in [0.4, 0.5) is 0 Å². The van der Waals surface area contributed by atoms with Gasteiger partial charge in [-0.1, -0.05) is 19.8 Å². The van der Waals surface area contributed by atoms with Gasteiger partial charge in [-0.2, -0.15) is 0 Å². The van der Waals surface area contributed by atoms with E-state index in [1.54, 1.807) is 0 Å². The normalized spacial score (nSPS) is 44.7. The van der Waals surface area contributed by atoms with Gasteiger partial charge in [0.25, 0.3) is 0 Å². The van der Waals surface area contributed by atoms with Gasteiger partial charge in [-0.05, 0) is 25.2 Å². The van der Waals surface area contributed by atoms with Gasteiger partial charge < -0.3 is 5.32 Å². The third kappa shape index (κ3) is 1.20. The highest BCUT2D eigenvalue weighted by molar-refractivity contribution is 5.02. The second-order valence-corrected chi connectivity index (χ2v) is 3.85. The molecule has 2 rings (SSSR count). The molecule has 0 bridgehead atoms. The highest BCUT2D eigenvalue weighted by Gasteiger charge is 2.40. The van der Waals surface area contributed by atoms with Crippen LogP contribution in [0.3, 0.4) is 0 Å². The van der Waals surface area contributed by atoms with Crippen LogP contribution in [0.5, 0.6) is 0 Å². The van der Waals surface area contributed by atoms with Crippen molar-refractivity contribution in [2.45, 2.75) is 51.1 Å². The molecule has 0 aromatic carbocycles. The second-order valence-electron chi connectivity index (χ2n) is 3.85. The molecule has 3 unspecified atom stereocenters. The minimum absolute atomic E-state index is 0.935. The predicted molar refractivity (Wildman–Crippen MR) is 43.0 cm³/mol. The van der Waals surface area contributed by atoms with Crippen LogP contribution >= 0.6 is 0 Å². The molecule has 2 aliphatic rings. The fourth-order valence-corrected chi connectivity index (χ4v) is 2.30. The largest absolute Gasteiger partial charge is 0.308 e. The van der Waals surface area contributed by atoms with Gasteiger partial charge in [-0.15, -0.1) is 0 Å². The van der Waals surface area contributed by atoms with Crippen LogP contribution in [0.2, 0.25) is 0 Å². The summed E-state index contributed by atoms with van der Waals surface area (Å²) in [5, 5.41) is 3.52. The van der Waals surface area contributed by atoms with Gasteiger partial charge in [-0.3, -0.25) is 0 Å². The summed E-state index contributed by atoms with van der Waals surface area (Å²) in [6.45, 7) is 2.30. The van der Waals surface area contributed by atoms with E-state index in [1.807, 2.05) is 0 Å². The number of fused-ring (bicyclic) bond motifs is 1. The molecule has 3 atom stereocenters. The van der Waals surface area contributed by atoms with Crippen molar-refractivity contribution in [3.05, 3.63) is 0 Å². The molecule has 0 spiro atoms. The van der Waals surface area contributed by atoms with Crippen molar-refractivity contribution in [3.8, 4) is 0 Å². The Kier molecular flexibility index (Phi) is 1.69. The molecule has 1 saturated heterocycles. The van der Waals surface area contributed by atoms with Crippen LogP contribution in [0.1, 0.15) is 39.0 Å². The Morgan fingerprint density at radius 3 is 2.90 bits per heavy atom. The zero-order valence-electron chi connectivity index (χ0n) is 6.77. The molecule has 1 nitrogen and oxygen atoms in total. The van der Waals surface area contributed by atoms with E-state index in [4.69, 9.17) is 0 Å². The second kappa shape index (κ2) is 2.54. The number of hydrogen-bond acceptors (Lipinski definition) is 1. The summed E-state index contributed by atoms with van der Waals surface area (Å²) in [7, 11) is 0. The Balaban J connectivity index is 1.77. The molecular formula is C9H17N. The van der Waals surface area contributed by atoms with E-state index < -0.39 is 0 Å². The maximum Gasteiger partial charge on any atom is 0.0227 e. The van der Waals surface area contributed by atoms with Gasteiger partial charge in [0.2, 0.25) is 0 Å². The average Bonchev–Trinajstić information content (AvgIpc) is 2.66. The SMILES string of the molecule is CCCC1CCC2NC2C1. The first-order valence-corrected chi connectivity index (χ1v) is 4.66. The predicted octanol–water partition coefficient (Wildman–Crippen LogP) is 1.93. The summed E-state index contributed by atoms with van der Waals surface area (Å²) in [5.74, 6) is 1.06. The van der Waals surface area contributed by atoms with Crippen molar-refractivity contribution in [1.82, 2.24) is 5.32 Å². The molecule has 1 aliphatic carbocycles. The monoisotopic (exact) mass is 139 g/mol. The highest BCUT2D eigenvalue weighted by atomic mass is 15.1. The van der Waals surface area contributed by atoms with Crippen molar-refractivity contribution >= 4 is 0 Å². The topological polar surface area (TPSA) is 21.9 Å². The van der Waals surface area contributed by atoms with Gasteiger partial charge in [0.1, 0.15) is 0 Å². The number of hydrogen-bond donors (Lipinski definition) is 1. The molecule has 1 aliphatic heterocycles. The Bertz CT molecular complexity index is 122. The van der Waals surface area contributed by atoms with E-state index in [0.717, 1.165) is 18.0 Å². The van der Waals surface area contributed by atoms with Crippen LogP contribution in [-0.4, -0.2) is 12.1 Å². The molecule has 58 valence electrons. The van der Waals surface area contributed by atoms with E-state index in [2.05, 4.69) is 12.2 Å². The molecule has 0 radical (unpaired) electrons. The molecule has 1 saturated carbocycles. The van der Waals surface area contributed by atoms with Crippen molar-refractivity contribution in [3.63, 3.8) is 0 Å². The Hall–Kier alpha value is -0.0400. The van der Waals surface area contributed by atoms with E-state index in [-0.39, 0.29) is 0 Å². The van der Waals surface area contributed by atoms with Gasteiger partial charge in [0, 0.05) is 12.1 Å². The first kappa shape index (κ1) is 6.66. The lowest BCUT2D eigenvalue weighted by molar-refractivity contribution is 0.370. The summed E-state index contributed by atoms with van der Waals surface area (Å²) in [4.78, 5) is 0. The minimum Gasteiger partial charge on any atom is -0.308 e. The van der Waals surface area contributed by atoms with Crippen LogP contribution in [0.25, 0.3) is 0 Å². The van der Waals surface area contributed by atoms with E-state index in [1.165, 1.54) is 32.1 Å². The summed E-state index contributed by atoms with van der Waals surface area (Å²) < 4.78 is 0.